The molecule has 1 aromatic carbocycles. The van der Waals surface area contributed by atoms with Crippen molar-refractivity contribution in [3.05, 3.63) is 29.8 Å². The van der Waals surface area contributed by atoms with Gasteiger partial charge in [-0.15, -0.1) is 0 Å². The first-order valence-corrected chi connectivity index (χ1v) is 8.06. The topological polar surface area (TPSA) is 108 Å². The molecule has 0 aliphatic carbocycles. The summed E-state index contributed by atoms with van der Waals surface area (Å²) < 4.78 is 10.3. The number of amides is 2. The van der Waals surface area contributed by atoms with Crippen LogP contribution in [0.3, 0.4) is 0 Å². The van der Waals surface area contributed by atoms with Crippen molar-refractivity contribution in [3.8, 4) is 5.75 Å². The Bertz CT molecular complexity index is 604. The van der Waals surface area contributed by atoms with Gasteiger partial charge in [0.15, 0.2) is 6.29 Å². The molecular formula is C17H24N2O6. The molecule has 0 radical (unpaired) electrons. The zero-order chi connectivity index (χ0) is 18.6. The molecule has 0 spiro atoms. The summed E-state index contributed by atoms with van der Waals surface area (Å²) in [6, 6.07) is 5.81. The van der Waals surface area contributed by atoms with Crippen LogP contribution in [0.15, 0.2) is 24.3 Å². The predicted octanol–water partition coefficient (Wildman–Crippen LogP) is 1.03. The first-order chi connectivity index (χ1) is 11.8. The number of carbonyl (C=O) groups is 2. The molecule has 8 heteroatoms. The number of benzene rings is 1. The molecule has 3 N–H and O–H groups in total. The average Bonchev–Trinajstić information content (AvgIpc) is 2.93. The standard InChI is InChI=1S/C17H24N2O6/c1-10(2)14(18-17(22)23)15(20)19-9-25-16(21)13(19)8-11-4-6-12(24-3)7-5-11/h4-7,10,13-14,16,18,21H,8-9H2,1-3H3,(H,22,23). The number of hydrogen-bond donors (Lipinski definition) is 3. The third-order valence-corrected chi connectivity index (χ3v) is 4.21. The smallest absolute Gasteiger partial charge is 0.405 e. The Morgan fingerprint density at radius 3 is 2.52 bits per heavy atom. The highest BCUT2D eigenvalue weighted by molar-refractivity contribution is 5.86. The second-order valence-corrected chi connectivity index (χ2v) is 6.29. The molecule has 1 fully saturated rings. The van der Waals surface area contributed by atoms with E-state index in [-0.39, 0.29) is 12.6 Å². The second kappa shape index (κ2) is 8.17. The number of nitrogens with zero attached hydrogens (tertiary/aromatic N) is 1. The fourth-order valence-corrected chi connectivity index (χ4v) is 2.78. The van der Waals surface area contributed by atoms with E-state index in [1.807, 2.05) is 12.1 Å². The van der Waals surface area contributed by atoms with E-state index in [1.165, 1.54) is 4.90 Å². The zero-order valence-corrected chi connectivity index (χ0v) is 14.5. The predicted molar refractivity (Wildman–Crippen MR) is 89.1 cm³/mol. The molecule has 0 saturated carbocycles. The minimum atomic E-state index is -1.26. The third-order valence-electron chi connectivity index (χ3n) is 4.21. The van der Waals surface area contributed by atoms with Crippen molar-refractivity contribution in [1.29, 1.82) is 0 Å². The first-order valence-electron chi connectivity index (χ1n) is 8.06. The van der Waals surface area contributed by atoms with Crippen LogP contribution in [-0.2, 0) is 16.0 Å². The van der Waals surface area contributed by atoms with Crippen LogP contribution in [0.25, 0.3) is 0 Å². The maximum atomic E-state index is 12.8. The van der Waals surface area contributed by atoms with E-state index in [0.717, 1.165) is 5.56 Å². The Morgan fingerprint density at radius 2 is 2.00 bits per heavy atom. The number of carbonyl (C=O) groups excluding carboxylic acids is 1. The molecule has 8 nitrogen and oxygen atoms in total. The lowest BCUT2D eigenvalue weighted by Crippen LogP contribution is -2.53. The van der Waals surface area contributed by atoms with E-state index in [0.29, 0.717) is 12.2 Å². The van der Waals surface area contributed by atoms with Gasteiger partial charge in [0, 0.05) is 0 Å². The van der Waals surface area contributed by atoms with Crippen molar-refractivity contribution in [2.75, 3.05) is 13.8 Å². The van der Waals surface area contributed by atoms with Gasteiger partial charge in [-0.3, -0.25) is 4.79 Å². The second-order valence-electron chi connectivity index (χ2n) is 6.29. The molecule has 3 atom stereocenters. The van der Waals surface area contributed by atoms with E-state index in [1.54, 1.807) is 33.1 Å². The van der Waals surface area contributed by atoms with Gasteiger partial charge in [-0.2, -0.15) is 0 Å². The van der Waals surface area contributed by atoms with Gasteiger partial charge in [0.05, 0.1) is 13.2 Å². The van der Waals surface area contributed by atoms with Crippen LogP contribution < -0.4 is 10.1 Å². The van der Waals surface area contributed by atoms with E-state index in [2.05, 4.69) is 5.32 Å². The average molecular weight is 352 g/mol. The Kier molecular flexibility index (Phi) is 6.22. The minimum absolute atomic E-state index is 0.0780. The molecule has 1 aliphatic rings. The van der Waals surface area contributed by atoms with Crippen LogP contribution in [0.1, 0.15) is 19.4 Å². The summed E-state index contributed by atoms with van der Waals surface area (Å²) in [4.78, 5) is 25.1. The van der Waals surface area contributed by atoms with E-state index in [9.17, 15) is 14.7 Å². The van der Waals surface area contributed by atoms with Crippen LogP contribution in [0, 0.1) is 5.92 Å². The SMILES string of the molecule is COc1ccc(CC2C(O)OCN2C(=O)C(NC(=O)O)C(C)C)cc1. The molecule has 3 unspecified atom stereocenters. The normalized spacial score (nSPS) is 21.2. The van der Waals surface area contributed by atoms with Gasteiger partial charge in [0.1, 0.15) is 18.5 Å². The molecule has 25 heavy (non-hydrogen) atoms. The van der Waals surface area contributed by atoms with E-state index < -0.39 is 30.4 Å². The number of aliphatic hydroxyl groups excluding tert-OH is 1. The summed E-state index contributed by atoms with van der Waals surface area (Å²) >= 11 is 0. The maximum Gasteiger partial charge on any atom is 0.405 e. The fourth-order valence-electron chi connectivity index (χ4n) is 2.78. The largest absolute Gasteiger partial charge is 0.497 e. The van der Waals surface area contributed by atoms with Crippen molar-refractivity contribution in [1.82, 2.24) is 10.2 Å². The number of hydrogen-bond acceptors (Lipinski definition) is 5. The van der Waals surface area contributed by atoms with Crippen LogP contribution >= 0.6 is 0 Å². The lowest BCUT2D eigenvalue weighted by atomic mass is 10.00. The van der Waals surface area contributed by atoms with Crippen LogP contribution in [0.2, 0.25) is 0 Å². The van der Waals surface area contributed by atoms with E-state index in [4.69, 9.17) is 14.6 Å². The lowest BCUT2D eigenvalue weighted by Gasteiger charge is -2.29. The van der Waals surface area contributed by atoms with Crippen molar-refractivity contribution in [3.63, 3.8) is 0 Å². The van der Waals surface area contributed by atoms with Gasteiger partial charge in [-0.1, -0.05) is 26.0 Å². The number of ether oxygens (including phenoxy) is 2. The monoisotopic (exact) mass is 352 g/mol. The molecule has 1 aromatic rings. The summed E-state index contributed by atoms with van der Waals surface area (Å²) in [5.74, 6) is 0.0703. The minimum Gasteiger partial charge on any atom is -0.497 e. The highest BCUT2D eigenvalue weighted by atomic mass is 16.6. The maximum absolute atomic E-state index is 12.8. The van der Waals surface area contributed by atoms with Crippen molar-refractivity contribution >= 4 is 12.0 Å². The third kappa shape index (κ3) is 4.61. The number of aliphatic hydroxyl groups is 1. The van der Waals surface area contributed by atoms with Crippen molar-refractivity contribution in [2.24, 2.45) is 5.92 Å². The first kappa shape index (κ1) is 19.0. The Hall–Kier alpha value is -2.32. The number of nitrogens with one attached hydrogen (secondary N) is 1. The molecule has 2 rings (SSSR count). The molecule has 2 amide bonds. The summed E-state index contributed by atoms with van der Waals surface area (Å²) in [7, 11) is 1.57. The van der Waals surface area contributed by atoms with Crippen molar-refractivity contribution in [2.45, 2.75) is 38.6 Å². The quantitative estimate of drug-likeness (QED) is 0.706. The van der Waals surface area contributed by atoms with Gasteiger partial charge in [-0.25, -0.2) is 4.79 Å². The van der Waals surface area contributed by atoms with Gasteiger partial charge >= 0.3 is 6.09 Å². The summed E-state index contributed by atoms with van der Waals surface area (Å²) in [5, 5.41) is 21.3. The molecular weight excluding hydrogens is 328 g/mol. The number of rotatable bonds is 6. The van der Waals surface area contributed by atoms with Crippen LogP contribution in [0.5, 0.6) is 5.75 Å². The van der Waals surface area contributed by atoms with Crippen LogP contribution in [-0.4, -0.2) is 59.3 Å². The molecule has 1 heterocycles. The molecule has 1 saturated heterocycles. The zero-order valence-electron chi connectivity index (χ0n) is 14.5. The summed E-state index contributed by atoms with van der Waals surface area (Å²) in [6.45, 7) is 3.43. The van der Waals surface area contributed by atoms with Gasteiger partial charge in [-0.05, 0) is 30.0 Å². The number of methoxy groups -OCH3 is 1. The van der Waals surface area contributed by atoms with Crippen molar-refractivity contribution < 1.29 is 29.3 Å². The number of carboxylic acid groups (broad SMARTS) is 1. The molecule has 0 bridgehead atoms. The summed E-state index contributed by atoms with van der Waals surface area (Å²) in [5.41, 5.74) is 0.903. The Labute approximate surface area is 146 Å². The Morgan fingerprint density at radius 1 is 1.36 bits per heavy atom. The molecule has 0 aromatic heterocycles. The lowest BCUT2D eigenvalue weighted by molar-refractivity contribution is -0.136. The Balaban J connectivity index is 2.14. The van der Waals surface area contributed by atoms with Crippen LogP contribution in [0.4, 0.5) is 4.79 Å². The van der Waals surface area contributed by atoms with Gasteiger partial charge < -0.3 is 29.9 Å². The van der Waals surface area contributed by atoms with Gasteiger partial charge in [0.2, 0.25) is 5.91 Å². The highest BCUT2D eigenvalue weighted by Gasteiger charge is 2.40. The summed E-state index contributed by atoms with van der Waals surface area (Å²) in [6.07, 6.45) is -2.00. The molecule has 138 valence electrons. The fraction of sp³-hybridized carbons (Fsp3) is 0.529. The highest BCUT2D eigenvalue weighted by Crippen LogP contribution is 2.23. The van der Waals surface area contributed by atoms with Gasteiger partial charge in [0.25, 0.3) is 0 Å². The molecule has 1 aliphatic heterocycles. The van der Waals surface area contributed by atoms with E-state index >= 15 is 0 Å².